The number of benzene rings is 2. The van der Waals surface area contributed by atoms with Gasteiger partial charge in [0.05, 0.1) is 12.5 Å². The minimum atomic E-state index is -0.323. The van der Waals surface area contributed by atoms with Crippen molar-refractivity contribution in [3.63, 3.8) is 0 Å². The Balaban J connectivity index is 2.28. The molecule has 0 radical (unpaired) electrons. The van der Waals surface area contributed by atoms with E-state index >= 15 is 0 Å². The van der Waals surface area contributed by atoms with Crippen molar-refractivity contribution in [1.82, 2.24) is 0 Å². The lowest BCUT2D eigenvalue weighted by atomic mass is 9.92. The van der Waals surface area contributed by atoms with E-state index in [9.17, 15) is 4.79 Å². The van der Waals surface area contributed by atoms with Gasteiger partial charge in [-0.2, -0.15) is 0 Å². The molecule has 0 aliphatic rings. The molecule has 3 heteroatoms. The first-order chi connectivity index (χ1) is 9.72. The van der Waals surface area contributed by atoms with Gasteiger partial charge >= 0.3 is 5.97 Å². The lowest BCUT2D eigenvalue weighted by Gasteiger charge is -2.16. The molecule has 0 aliphatic carbocycles. The number of carbonyl (C=O) groups excluding carboxylic acids is 1. The maximum atomic E-state index is 12.2. The molecule has 0 N–H and O–H groups in total. The van der Waals surface area contributed by atoms with E-state index in [1.165, 1.54) is 0 Å². The van der Waals surface area contributed by atoms with Crippen molar-refractivity contribution in [2.75, 3.05) is 6.61 Å². The molecule has 0 saturated carbocycles. The second-order valence-corrected chi connectivity index (χ2v) is 4.92. The third kappa shape index (κ3) is 3.61. The highest BCUT2D eigenvalue weighted by atomic mass is 35.5. The van der Waals surface area contributed by atoms with Gasteiger partial charge in [-0.25, -0.2) is 0 Å². The molecule has 2 nitrogen and oxygen atoms in total. The number of esters is 1. The Kier molecular flexibility index (Phi) is 5.19. The third-order valence-electron chi connectivity index (χ3n) is 3.15. The summed E-state index contributed by atoms with van der Waals surface area (Å²) in [6.45, 7) is 2.19. The molecule has 0 amide bonds. The summed E-state index contributed by atoms with van der Waals surface area (Å²) >= 11 is 6.19. The molecular formula is C17H17ClO2. The van der Waals surface area contributed by atoms with Crippen molar-refractivity contribution in [1.29, 1.82) is 0 Å². The Morgan fingerprint density at radius 2 is 1.75 bits per heavy atom. The van der Waals surface area contributed by atoms with E-state index in [1.807, 2.05) is 61.5 Å². The van der Waals surface area contributed by atoms with Crippen molar-refractivity contribution in [2.45, 2.75) is 19.3 Å². The molecule has 1 unspecified atom stereocenters. The minimum Gasteiger partial charge on any atom is -0.466 e. The quantitative estimate of drug-likeness (QED) is 0.770. The zero-order valence-electron chi connectivity index (χ0n) is 11.4. The van der Waals surface area contributed by atoms with Gasteiger partial charge in [-0.05, 0) is 30.5 Å². The van der Waals surface area contributed by atoms with Gasteiger partial charge < -0.3 is 4.74 Å². The largest absolute Gasteiger partial charge is 0.466 e. The maximum Gasteiger partial charge on any atom is 0.313 e. The lowest BCUT2D eigenvalue weighted by molar-refractivity contribution is -0.144. The fraction of sp³-hybridized carbons (Fsp3) is 0.235. The zero-order chi connectivity index (χ0) is 14.4. The van der Waals surface area contributed by atoms with Crippen LogP contribution in [0.3, 0.4) is 0 Å². The highest BCUT2D eigenvalue weighted by Crippen LogP contribution is 2.26. The van der Waals surface area contributed by atoms with E-state index in [0.29, 0.717) is 18.1 Å². The van der Waals surface area contributed by atoms with Crippen LogP contribution in [0.4, 0.5) is 0 Å². The molecule has 0 heterocycles. The molecule has 2 aromatic carbocycles. The molecule has 0 saturated heterocycles. The van der Waals surface area contributed by atoms with Crippen LogP contribution in [0.15, 0.2) is 54.6 Å². The normalized spacial score (nSPS) is 11.9. The first kappa shape index (κ1) is 14.6. The number of hydrogen-bond acceptors (Lipinski definition) is 2. The van der Waals surface area contributed by atoms with E-state index < -0.39 is 0 Å². The Bertz CT molecular complexity index is 566. The van der Waals surface area contributed by atoms with Crippen LogP contribution in [0, 0.1) is 0 Å². The molecule has 0 aromatic heterocycles. The SMILES string of the molecule is CCOC(=O)C(Cc1ccccc1Cl)c1ccccc1. The number of carbonyl (C=O) groups is 1. The van der Waals surface area contributed by atoms with Gasteiger partial charge in [-0.1, -0.05) is 60.1 Å². The van der Waals surface area contributed by atoms with E-state index in [-0.39, 0.29) is 11.9 Å². The second-order valence-electron chi connectivity index (χ2n) is 4.51. The molecule has 104 valence electrons. The van der Waals surface area contributed by atoms with Crippen LogP contribution in [0.1, 0.15) is 24.0 Å². The summed E-state index contributed by atoms with van der Waals surface area (Å²) < 4.78 is 5.19. The first-order valence-corrected chi connectivity index (χ1v) is 7.05. The molecule has 1 atom stereocenters. The van der Waals surface area contributed by atoms with Gasteiger partial charge in [0.15, 0.2) is 0 Å². The van der Waals surface area contributed by atoms with Crippen LogP contribution in [0.5, 0.6) is 0 Å². The van der Waals surface area contributed by atoms with Crippen LogP contribution in [0.25, 0.3) is 0 Å². The van der Waals surface area contributed by atoms with Gasteiger partial charge in [-0.3, -0.25) is 4.79 Å². The fourth-order valence-electron chi connectivity index (χ4n) is 2.15. The van der Waals surface area contributed by atoms with E-state index in [4.69, 9.17) is 16.3 Å². The van der Waals surface area contributed by atoms with E-state index in [2.05, 4.69) is 0 Å². The van der Waals surface area contributed by atoms with Gasteiger partial charge in [0.25, 0.3) is 0 Å². The summed E-state index contributed by atoms with van der Waals surface area (Å²) in [4.78, 5) is 12.2. The summed E-state index contributed by atoms with van der Waals surface area (Å²) in [5, 5.41) is 0.678. The Morgan fingerprint density at radius 1 is 1.10 bits per heavy atom. The predicted molar refractivity (Wildman–Crippen MR) is 81.0 cm³/mol. The summed E-state index contributed by atoms with van der Waals surface area (Å²) in [5.41, 5.74) is 1.90. The summed E-state index contributed by atoms with van der Waals surface area (Å²) in [5.74, 6) is -0.533. The predicted octanol–water partition coefficient (Wildman–Crippen LogP) is 4.23. The first-order valence-electron chi connectivity index (χ1n) is 6.67. The summed E-state index contributed by atoms with van der Waals surface area (Å²) in [6.07, 6.45) is 0.544. The van der Waals surface area contributed by atoms with Crippen molar-refractivity contribution >= 4 is 17.6 Å². The van der Waals surface area contributed by atoms with Crippen molar-refractivity contribution in [3.05, 3.63) is 70.7 Å². The van der Waals surface area contributed by atoms with E-state index in [0.717, 1.165) is 11.1 Å². The average Bonchev–Trinajstić information content (AvgIpc) is 2.47. The lowest BCUT2D eigenvalue weighted by Crippen LogP contribution is -2.18. The minimum absolute atomic E-state index is 0.210. The Labute approximate surface area is 124 Å². The molecular weight excluding hydrogens is 272 g/mol. The van der Waals surface area contributed by atoms with Gasteiger partial charge in [0.1, 0.15) is 0 Å². The van der Waals surface area contributed by atoms with Gasteiger partial charge in [0.2, 0.25) is 0 Å². The molecule has 2 aromatic rings. The van der Waals surface area contributed by atoms with Crippen molar-refractivity contribution in [3.8, 4) is 0 Å². The van der Waals surface area contributed by atoms with E-state index in [1.54, 1.807) is 0 Å². The second kappa shape index (κ2) is 7.11. The Morgan fingerprint density at radius 3 is 2.40 bits per heavy atom. The van der Waals surface area contributed by atoms with Crippen LogP contribution in [-0.4, -0.2) is 12.6 Å². The zero-order valence-corrected chi connectivity index (χ0v) is 12.1. The van der Waals surface area contributed by atoms with Crippen LogP contribution in [-0.2, 0) is 16.0 Å². The number of ether oxygens (including phenoxy) is 1. The molecule has 0 aliphatic heterocycles. The summed E-state index contributed by atoms with van der Waals surface area (Å²) in [7, 11) is 0. The highest BCUT2D eigenvalue weighted by molar-refractivity contribution is 6.31. The number of rotatable bonds is 5. The third-order valence-corrected chi connectivity index (χ3v) is 3.52. The average molecular weight is 289 g/mol. The smallest absolute Gasteiger partial charge is 0.313 e. The molecule has 2 rings (SSSR count). The van der Waals surface area contributed by atoms with Crippen molar-refractivity contribution < 1.29 is 9.53 Å². The number of hydrogen-bond donors (Lipinski definition) is 0. The molecule has 0 bridgehead atoms. The van der Waals surface area contributed by atoms with Crippen LogP contribution in [0.2, 0.25) is 5.02 Å². The van der Waals surface area contributed by atoms with Gasteiger partial charge in [0, 0.05) is 5.02 Å². The summed E-state index contributed by atoms with van der Waals surface area (Å²) in [6, 6.07) is 17.3. The Hall–Kier alpha value is -1.80. The van der Waals surface area contributed by atoms with Crippen molar-refractivity contribution in [2.24, 2.45) is 0 Å². The monoisotopic (exact) mass is 288 g/mol. The van der Waals surface area contributed by atoms with Gasteiger partial charge in [-0.15, -0.1) is 0 Å². The standard InChI is InChI=1S/C17H17ClO2/c1-2-20-17(19)15(13-8-4-3-5-9-13)12-14-10-6-7-11-16(14)18/h3-11,15H,2,12H2,1H3. The fourth-order valence-corrected chi connectivity index (χ4v) is 2.36. The highest BCUT2D eigenvalue weighted by Gasteiger charge is 2.23. The molecule has 0 spiro atoms. The van der Waals surface area contributed by atoms with Crippen LogP contribution >= 0.6 is 11.6 Å². The topological polar surface area (TPSA) is 26.3 Å². The molecule has 20 heavy (non-hydrogen) atoms. The maximum absolute atomic E-state index is 12.2. The molecule has 0 fully saturated rings. The van der Waals surface area contributed by atoms with Crippen LogP contribution < -0.4 is 0 Å². The number of halogens is 1.